The topological polar surface area (TPSA) is 66.6 Å². The molecule has 1 saturated heterocycles. The fourth-order valence-electron chi connectivity index (χ4n) is 2.18. The lowest BCUT2D eigenvalue weighted by molar-refractivity contribution is -0.142. The van der Waals surface area contributed by atoms with Crippen LogP contribution in [0.1, 0.15) is 12.0 Å². The predicted octanol–water partition coefficient (Wildman–Crippen LogP) is 1.98. The molecule has 0 radical (unpaired) electrons. The van der Waals surface area contributed by atoms with E-state index in [4.69, 9.17) is 34.0 Å². The molecule has 1 fully saturated rings. The van der Waals surface area contributed by atoms with E-state index < -0.39 is 11.5 Å². The minimum absolute atomic E-state index is 0.340. The molecule has 0 aliphatic carbocycles. The first-order valence-electron chi connectivity index (χ1n) is 5.59. The summed E-state index contributed by atoms with van der Waals surface area (Å²) < 4.78 is 0. The first-order valence-corrected chi connectivity index (χ1v) is 6.34. The summed E-state index contributed by atoms with van der Waals surface area (Å²) in [5.41, 5.74) is 5.64. The van der Waals surface area contributed by atoms with Crippen LogP contribution in [0.4, 0.5) is 0 Å². The molecule has 0 saturated carbocycles. The number of hydrogen-bond donors (Lipinski definition) is 2. The maximum absolute atomic E-state index is 11.0. The number of halogens is 2. The van der Waals surface area contributed by atoms with Gasteiger partial charge in [0.1, 0.15) is 5.54 Å². The van der Waals surface area contributed by atoms with Crippen molar-refractivity contribution in [2.45, 2.75) is 18.5 Å². The van der Waals surface area contributed by atoms with Crippen molar-refractivity contribution < 1.29 is 9.90 Å². The zero-order valence-corrected chi connectivity index (χ0v) is 11.2. The molecular weight excluding hydrogens is 275 g/mol. The Morgan fingerprint density at radius 2 is 2.00 bits per heavy atom. The summed E-state index contributed by atoms with van der Waals surface area (Å²) in [6, 6.07) is 5.32. The van der Waals surface area contributed by atoms with Gasteiger partial charge >= 0.3 is 5.97 Å². The molecule has 3 N–H and O–H groups in total. The second-order valence-electron chi connectivity index (χ2n) is 4.70. The summed E-state index contributed by atoms with van der Waals surface area (Å²) in [6.07, 6.45) is 0.455. The Hall–Kier alpha value is -0.810. The second kappa shape index (κ2) is 5.05. The third kappa shape index (κ3) is 2.95. The van der Waals surface area contributed by atoms with Crippen LogP contribution < -0.4 is 5.73 Å². The molecule has 4 nitrogen and oxygen atoms in total. The molecule has 1 heterocycles. The van der Waals surface area contributed by atoms with Gasteiger partial charge in [-0.25, -0.2) is 0 Å². The fraction of sp³-hybridized carbons (Fsp3) is 0.417. The van der Waals surface area contributed by atoms with E-state index in [1.165, 1.54) is 0 Å². The minimum Gasteiger partial charge on any atom is -0.480 e. The van der Waals surface area contributed by atoms with Crippen LogP contribution in [-0.2, 0) is 11.3 Å². The maximum atomic E-state index is 11.0. The van der Waals surface area contributed by atoms with E-state index in [1.54, 1.807) is 6.07 Å². The smallest absolute Gasteiger partial charge is 0.325 e. The van der Waals surface area contributed by atoms with Gasteiger partial charge in [-0.1, -0.05) is 23.2 Å². The number of likely N-dealkylation sites (tertiary alicyclic amines) is 1. The van der Waals surface area contributed by atoms with Crippen LogP contribution in [0.3, 0.4) is 0 Å². The lowest BCUT2D eigenvalue weighted by Gasteiger charge is -2.20. The fourth-order valence-corrected chi connectivity index (χ4v) is 2.76. The van der Waals surface area contributed by atoms with Gasteiger partial charge in [-0.05, 0) is 30.2 Å². The van der Waals surface area contributed by atoms with Crippen LogP contribution in [0.25, 0.3) is 0 Å². The quantitative estimate of drug-likeness (QED) is 0.893. The van der Waals surface area contributed by atoms with Gasteiger partial charge < -0.3 is 10.8 Å². The molecule has 6 heteroatoms. The number of carbonyl (C=O) groups is 1. The Labute approximate surface area is 115 Å². The second-order valence-corrected chi connectivity index (χ2v) is 5.57. The van der Waals surface area contributed by atoms with Crippen molar-refractivity contribution >= 4 is 29.2 Å². The first kappa shape index (κ1) is 13.6. The summed E-state index contributed by atoms with van der Waals surface area (Å²) in [7, 11) is 0. The number of benzene rings is 1. The Balaban J connectivity index is 2.06. The van der Waals surface area contributed by atoms with Crippen molar-refractivity contribution in [3.05, 3.63) is 33.8 Å². The molecule has 1 atom stereocenters. The van der Waals surface area contributed by atoms with Gasteiger partial charge in [0.25, 0.3) is 0 Å². The van der Waals surface area contributed by atoms with E-state index in [0.717, 1.165) is 5.56 Å². The third-order valence-corrected chi connectivity index (χ3v) is 3.57. The van der Waals surface area contributed by atoms with Gasteiger partial charge in [-0.15, -0.1) is 0 Å². The van der Waals surface area contributed by atoms with Gasteiger partial charge in [-0.2, -0.15) is 0 Å². The number of nitrogens with two attached hydrogens (primary N) is 1. The zero-order chi connectivity index (χ0) is 13.3. The number of hydrogen-bond acceptors (Lipinski definition) is 3. The third-order valence-electron chi connectivity index (χ3n) is 3.13. The molecule has 0 amide bonds. The largest absolute Gasteiger partial charge is 0.480 e. The molecule has 0 aromatic heterocycles. The molecule has 18 heavy (non-hydrogen) atoms. The van der Waals surface area contributed by atoms with Gasteiger partial charge in [0.2, 0.25) is 0 Å². The van der Waals surface area contributed by atoms with Crippen LogP contribution in [0.5, 0.6) is 0 Å². The van der Waals surface area contributed by atoms with Crippen molar-refractivity contribution in [3.63, 3.8) is 0 Å². The van der Waals surface area contributed by atoms with Crippen molar-refractivity contribution in [2.75, 3.05) is 13.1 Å². The van der Waals surface area contributed by atoms with E-state index in [1.807, 2.05) is 17.0 Å². The van der Waals surface area contributed by atoms with Gasteiger partial charge in [0.15, 0.2) is 0 Å². The highest BCUT2D eigenvalue weighted by Gasteiger charge is 2.41. The summed E-state index contributed by atoms with van der Waals surface area (Å²) >= 11 is 11.8. The Kier molecular flexibility index (Phi) is 3.82. The number of rotatable bonds is 3. The standard InChI is InChI=1S/C12H14Cl2N2O2/c13-9-3-8(4-10(14)5-9)6-16-2-1-12(15,7-16)11(17)18/h3-5H,1-2,6-7,15H2,(H,17,18). The van der Waals surface area contributed by atoms with Crippen molar-refractivity contribution in [1.82, 2.24) is 4.90 Å². The molecule has 0 spiro atoms. The first-order chi connectivity index (χ1) is 8.39. The summed E-state index contributed by atoms with van der Waals surface area (Å²) in [5, 5.41) is 10.2. The van der Waals surface area contributed by atoms with E-state index in [0.29, 0.717) is 36.1 Å². The molecular formula is C12H14Cl2N2O2. The minimum atomic E-state index is -1.14. The molecule has 1 unspecified atom stereocenters. The summed E-state index contributed by atoms with van der Waals surface area (Å²) in [5.74, 6) is -0.950. The summed E-state index contributed by atoms with van der Waals surface area (Å²) in [6.45, 7) is 1.60. The lowest BCUT2D eigenvalue weighted by Crippen LogP contribution is -2.50. The SMILES string of the molecule is NC1(C(=O)O)CCN(Cc2cc(Cl)cc(Cl)c2)C1. The average molecular weight is 289 g/mol. The monoisotopic (exact) mass is 288 g/mol. The Morgan fingerprint density at radius 1 is 1.39 bits per heavy atom. The normalized spacial score (nSPS) is 24.4. The number of carboxylic acids is 1. The molecule has 1 aromatic rings. The van der Waals surface area contributed by atoms with Crippen molar-refractivity contribution in [1.29, 1.82) is 0 Å². The maximum Gasteiger partial charge on any atom is 0.325 e. The molecule has 2 rings (SSSR count). The molecule has 0 bridgehead atoms. The number of nitrogens with zero attached hydrogens (tertiary/aromatic N) is 1. The number of carboxylic acid groups (broad SMARTS) is 1. The van der Waals surface area contributed by atoms with Crippen LogP contribution in [0, 0.1) is 0 Å². The van der Waals surface area contributed by atoms with Gasteiger partial charge in [-0.3, -0.25) is 9.69 Å². The molecule has 1 aliphatic rings. The molecule has 98 valence electrons. The van der Waals surface area contributed by atoms with Crippen LogP contribution in [0.15, 0.2) is 18.2 Å². The average Bonchev–Trinajstić information content (AvgIpc) is 2.60. The highest BCUT2D eigenvalue weighted by atomic mass is 35.5. The highest BCUT2D eigenvalue weighted by molar-refractivity contribution is 6.34. The van der Waals surface area contributed by atoms with E-state index in [-0.39, 0.29) is 0 Å². The van der Waals surface area contributed by atoms with Crippen LogP contribution in [0.2, 0.25) is 10.0 Å². The Morgan fingerprint density at radius 3 is 2.50 bits per heavy atom. The van der Waals surface area contributed by atoms with Gasteiger partial charge in [0, 0.05) is 29.7 Å². The van der Waals surface area contributed by atoms with Crippen LogP contribution >= 0.6 is 23.2 Å². The van der Waals surface area contributed by atoms with Crippen molar-refractivity contribution in [3.8, 4) is 0 Å². The summed E-state index contributed by atoms with van der Waals surface area (Å²) in [4.78, 5) is 13.0. The number of aliphatic carboxylic acids is 1. The van der Waals surface area contributed by atoms with Crippen LogP contribution in [-0.4, -0.2) is 34.6 Å². The Bertz CT molecular complexity index is 461. The molecule has 1 aromatic carbocycles. The van der Waals surface area contributed by atoms with E-state index in [9.17, 15) is 4.79 Å². The molecule has 1 aliphatic heterocycles. The predicted molar refractivity (Wildman–Crippen MR) is 70.9 cm³/mol. The van der Waals surface area contributed by atoms with Gasteiger partial charge in [0.05, 0.1) is 0 Å². The lowest BCUT2D eigenvalue weighted by atomic mass is 10.0. The van der Waals surface area contributed by atoms with E-state index in [2.05, 4.69) is 0 Å². The van der Waals surface area contributed by atoms with Crippen molar-refractivity contribution in [2.24, 2.45) is 5.73 Å². The highest BCUT2D eigenvalue weighted by Crippen LogP contribution is 2.24. The zero-order valence-electron chi connectivity index (χ0n) is 9.70. The van der Waals surface area contributed by atoms with E-state index >= 15 is 0 Å².